The summed E-state index contributed by atoms with van der Waals surface area (Å²) in [5, 5.41) is 15.7. The Bertz CT molecular complexity index is 652. The monoisotopic (exact) mass is 289 g/mol. The highest BCUT2D eigenvalue weighted by Crippen LogP contribution is 2.22. The molecule has 0 atom stereocenters. The van der Waals surface area contributed by atoms with Crippen LogP contribution in [0.3, 0.4) is 0 Å². The first-order chi connectivity index (χ1) is 9.90. The van der Waals surface area contributed by atoms with Gasteiger partial charge in [0, 0.05) is 12.6 Å². The first-order valence-electron chi connectivity index (χ1n) is 6.23. The average Bonchev–Trinajstić information content (AvgIpc) is 2.92. The standard InChI is InChI=1S/C13H15N5O3/c1-13(2,12(20)21)6-10(19)17-9-4-3-5-15-11(9)18-8-14-7-16-18/h3-5,7-8H,6H2,1-2H3,(H,17,19)(H,20,21). The van der Waals surface area contributed by atoms with E-state index in [0.717, 1.165) is 0 Å². The lowest BCUT2D eigenvalue weighted by molar-refractivity contribution is -0.148. The van der Waals surface area contributed by atoms with E-state index in [2.05, 4.69) is 20.4 Å². The largest absolute Gasteiger partial charge is 0.481 e. The smallest absolute Gasteiger partial charge is 0.309 e. The topological polar surface area (TPSA) is 110 Å². The molecule has 0 aliphatic heterocycles. The lowest BCUT2D eigenvalue weighted by Gasteiger charge is -2.18. The fourth-order valence-electron chi connectivity index (χ4n) is 1.67. The summed E-state index contributed by atoms with van der Waals surface area (Å²) >= 11 is 0. The number of nitrogens with one attached hydrogen (secondary N) is 1. The normalized spacial score (nSPS) is 11.1. The number of hydrogen-bond acceptors (Lipinski definition) is 5. The number of hydrogen-bond donors (Lipinski definition) is 2. The summed E-state index contributed by atoms with van der Waals surface area (Å²) in [6, 6.07) is 3.33. The molecule has 0 spiro atoms. The molecule has 0 aliphatic rings. The fraction of sp³-hybridized carbons (Fsp3) is 0.308. The Morgan fingerprint density at radius 3 is 2.81 bits per heavy atom. The molecule has 110 valence electrons. The van der Waals surface area contributed by atoms with E-state index in [1.54, 1.807) is 18.3 Å². The van der Waals surface area contributed by atoms with Crippen LogP contribution in [0.15, 0.2) is 31.0 Å². The molecule has 8 nitrogen and oxygen atoms in total. The Kier molecular flexibility index (Phi) is 3.97. The predicted molar refractivity (Wildman–Crippen MR) is 73.8 cm³/mol. The highest BCUT2D eigenvalue weighted by Gasteiger charge is 2.30. The highest BCUT2D eigenvalue weighted by atomic mass is 16.4. The number of nitrogens with zero attached hydrogens (tertiary/aromatic N) is 4. The number of pyridine rings is 1. The summed E-state index contributed by atoms with van der Waals surface area (Å²) in [4.78, 5) is 31.0. The summed E-state index contributed by atoms with van der Waals surface area (Å²) in [6.07, 6.45) is 4.23. The van der Waals surface area contributed by atoms with Crippen molar-refractivity contribution in [2.24, 2.45) is 5.41 Å². The van der Waals surface area contributed by atoms with Crippen molar-refractivity contribution in [3.63, 3.8) is 0 Å². The van der Waals surface area contributed by atoms with Gasteiger partial charge in [0.1, 0.15) is 12.7 Å². The molecule has 2 rings (SSSR count). The quantitative estimate of drug-likeness (QED) is 0.853. The molecule has 0 saturated heterocycles. The van der Waals surface area contributed by atoms with Gasteiger partial charge in [-0.2, -0.15) is 5.10 Å². The van der Waals surface area contributed by atoms with Gasteiger partial charge in [-0.3, -0.25) is 9.59 Å². The summed E-state index contributed by atoms with van der Waals surface area (Å²) < 4.78 is 1.41. The number of aliphatic carboxylic acids is 1. The van der Waals surface area contributed by atoms with Crippen molar-refractivity contribution >= 4 is 17.6 Å². The van der Waals surface area contributed by atoms with Gasteiger partial charge in [-0.1, -0.05) is 0 Å². The van der Waals surface area contributed by atoms with Crippen LogP contribution >= 0.6 is 0 Å². The van der Waals surface area contributed by atoms with E-state index in [1.807, 2.05) is 0 Å². The molecule has 0 radical (unpaired) electrons. The molecular weight excluding hydrogens is 274 g/mol. The SMILES string of the molecule is CC(C)(CC(=O)Nc1cccnc1-n1cncn1)C(=O)O. The molecule has 2 aromatic rings. The van der Waals surface area contributed by atoms with Gasteiger partial charge in [-0.15, -0.1) is 0 Å². The fourth-order valence-corrected chi connectivity index (χ4v) is 1.67. The summed E-state index contributed by atoms with van der Waals surface area (Å²) in [5.74, 6) is -1.02. The van der Waals surface area contributed by atoms with Crippen molar-refractivity contribution in [1.29, 1.82) is 0 Å². The van der Waals surface area contributed by atoms with Gasteiger partial charge in [0.15, 0.2) is 5.82 Å². The molecule has 2 aromatic heterocycles. The zero-order chi connectivity index (χ0) is 15.5. The van der Waals surface area contributed by atoms with Crippen LogP contribution in [0.1, 0.15) is 20.3 Å². The minimum atomic E-state index is -1.14. The molecule has 0 aliphatic carbocycles. The van der Waals surface area contributed by atoms with Crippen molar-refractivity contribution in [1.82, 2.24) is 19.7 Å². The van der Waals surface area contributed by atoms with Gasteiger partial charge >= 0.3 is 5.97 Å². The predicted octanol–water partition coefficient (Wildman–Crippen LogP) is 1.10. The molecule has 2 N–H and O–H groups in total. The van der Waals surface area contributed by atoms with Gasteiger partial charge < -0.3 is 10.4 Å². The Morgan fingerprint density at radius 2 is 2.19 bits per heavy atom. The second kappa shape index (κ2) is 5.70. The van der Waals surface area contributed by atoms with E-state index < -0.39 is 17.3 Å². The van der Waals surface area contributed by atoms with Crippen LogP contribution in [0.2, 0.25) is 0 Å². The van der Waals surface area contributed by atoms with E-state index >= 15 is 0 Å². The zero-order valence-corrected chi connectivity index (χ0v) is 11.6. The zero-order valence-electron chi connectivity index (χ0n) is 11.6. The number of carbonyl (C=O) groups is 2. The second-order valence-corrected chi connectivity index (χ2v) is 5.13. The van der Waals surface area contributed by atoms with E-state index in [1.165, 1.54) is 31.2 Å². The van der Waals surface area contributed by atoms with Crippen LogP contribution in [0.5, 0.6) is 0 Å². The molecule has 0 aromatic carbocycles. The Morgan fingerprint density at radius 1 is 1.43 bits per heavy atom. The number of carboxylic acids is 1. The van der Waals surface area contributed by atoms with Crippen LogP contribution in [0.25, 0.3) is 5.82 Å². The number of anilines is 1. The number of rotatable bonds is 5. The molecule has 2 heterocycles. The van der Waals surface area contributed by atoms with Crippen molar-refractivity contribution in [3.05, 3.63) is 31.0 Å². The van der Waals surface area contributed by atoms with Crippen molar-refractivity contribution in [3.8, 4) is 5.82 Å². The number of aromatic nitrogens is 4. The van der Waals surface area contributed by atoms with Crippen molar-refractivity contribution in [2.75, 3.05) is 5.32 Å². The van der Waals surface area contributed by atoms with E-state index in [0.29, 0.717) is 11.5 Å². The molecule has 0 fully saturated rings. The number of carboxylic acid groups (broad SMARTS) is 1. The van der Waals surface area contributed by atoms with E-state index in [4.69, 9.17) is 5.11 Å². The molecule has 0 unspecified atom stereocenters. The maximum Gasteiger partial charge on any atom is 0.309 e. The maximum absolute atomic E-state index is 12.0. The van der Waals surface area contributed by atoms with E-state index in [9.17, 15) is 9.59 Å². The Labute approximate surface area is 120 Å². The summed E-state index contributed by atoms with van der Waals surface area (Å²) in [5.41, 5.74) is -0.700. The summed E-state index contributed by atoms with van der Waals surface area (Å²) in [6.45, 7) is 2.99. The van der Waals surface area contributed by atoms with Gasteiger partial charge in [-0.25, -0.2) is 14.6 Å². The third-order valence-corrected chi connectivity index (χ3v) is 2.88. The molecule has 0 saturated carbocycles. The molecule has 0 bridgehead atoms. The van der Waals surface area contributed by atoms with Crippen molar-refractivity contribution in [2.45, 2.75) is 20.3 Å². The van der Waals surface area contributed by atoms with Gasteiger partial charge in [0.05, 0.1) is 11.1 Å². The Hall–Kier alpha value is -2.77. The molecule has 21 heavy (non-hydrogen) atoms. The first-order valence-corrected chi connectivity index (χ1v) is 6.23. The minimum Gasteiger partial charge on any atom is -0.481 e. The Balaban J connectivity index is 2.17. The average molecular weight is 289 g/mol. The van der Waals surface area contributed by atoms with Crippen LogP contribution in [-0.2, 0) is 9.59 Å². The molecule has 8 heteroatoms. The van der Waals surface area contributed by atoms with Gasteiger partial charge in [0.25, 0.3) is 0 Å². The van der Waals surface area contributed by atoms with Crippen LogP contribution < -0.4 is 5.32 Å². The maximum atomic E-state index is 12.0. The van der Waals surface area contributed by atoms with Crippen LogP contribution in [0, 0.1) is 5.41 Å². The van der Waals surface area contributed by atoms with Gasteiger partial charge in [-0.05, 0) is 26.0 Å². The third kappa shape index (κ3) is 3.41. The lowest BCUT2D eigenvalue weighted by Crippen LogP contribution is -2.29. The third-order valence-electron chi connectivity index (χ3n) is 2.88. The lowest BCUT2D eigenvalue weighted by atomic mass is 9.89. The first kappa shape index (κ1) is 14.6. The van der Waals surface area contributed by atoms with Crippen molar-refractivity contribution < 1.29 is 14.7 Å². The van der Waals surface area contributed by atoms with Crippen LogP contribution in [0.4, 0.5) is 5.69 Å². The second-order valence-electron chi connectivity index (χ2n) is 5.13. The number of carbonyl (C=O) groups excluding carboxylic acids is 1. The van der Waals surface area contributed by atoms with E-state index in [-0.39, 0.29) is 6.42 Å². The van der Waals surface area contributed by atoms with Crippen LogP contribution in [-0.4, -0.2) is 36.7 Å². The summed E-state index contributed by atoms with van der Waals surface area (Å²) in [7, 11) is 0. The minimum absolute atomic E-state index is 0.145. The molecular formula is C13H15N5O3. The number of amides is 1. The molecule has 1 amide bonds. The highest BCUT2D eigenvalue weighted by molar-refractivity contribution is 5.95. The van der Waals surface area contributed by atoms with Gasteiger partial charge in [0.2, 0.25) is 5.91 Å².